The van der Waals surface area contributed by atoms with Crippen LogP contribution in [0.4, 0.5) is 23.2 Å². The molecular weight excluding hydrogens is 236 g/mol. The number of nitrogen functional groups attached to an aromatic ring is 1. The first kappa shape index (κ1) is 13.8. The minimum absolute atomic E-state index is 0.0251. The summed E-state index contributed by atoms with van der Waals surface area (Å²) in [5, 5.41) is 2.67. The van der Waals surface area contributed by atoms with Gasteiger partial charge in [0.05, 0.1) is 12.1 Å². The molecule has 1 aromatic carbocycles. The molecule has 17 heavy (non-hydrogen) atoms. The van der Waals surface area contributed by atoms with Crippen molar-refractivity contribution in [1.82, 2.24) is 5.32 Å². The molecule has 0 saturated heterocycles. The van der Waals surface area contributed by atoms with E-state index in [0.717, 1.165) is 0 Å². The summed E-state index contributed by atoms with van der Waals surface area (Å²) in [4.78, 5) is 0. The smallest absolute Gasteiger partial charge is 0.390 e. The van der Waals surface area contributed by atoms with Gasteiger partial charge in [0.15, 0.2) is 0 Å². The van der Waals surface area contributed by atoms with E-state index >= 15 is 0 Å². The van der Waals surface area contributed by atoms with E-state index in [4.69, 9.17) is 5.73 Å². The van der Waals surface area contributed by atoms with Gasteiger partial charge >= 0.3 is 6.18 Å². The van der Waals surface area contributed by atoms with Gasteiger partial charge in [-0.05, 0) is 24.6 Å². The van der Waals surface area contributed by atoms with Crippen molar-refractivity contribution in [2.45, 2.75) is 32.1 Å². The molecule has 0 radical (unpaired) electrons. The first-order chi connectivity index (χ1) is 7.78. The van der Waals surface area contributed by atoms with Crippen molar-refractivity contribution in [3.05, 3.63) is 29.6 Å². The minimum Gasteiger partial charge on any atom is -0.396 e. The largest absolute Gasteiger partial charge is 0.396 e. The number of nitrogens with one attached hydrogen (secondary N) is 1. The maximum atomic E-state index is 13.0. The Hall–Kier alpha value is -1.30. The maximum Gasteiger partial charge on any atom is 0.390 e. The lowest BCUT2D eigenvalue weighted by atomic mass is 10.1. The first-order valence-corrected chi connectivity index (χ1v) is 5.12. The number of alkyl halides is 3. The molecule has 96 valence electrons. The third-order valence-electron chi connectivity index (χ3n) is 2.26. The van der Waals surface area contributed by atoms with Gasteiger partial charge in [-0.15, -0.1) is 0 Å². The molecule has 2 nitrogen and oxygen atoms in total. The molecule has 0 heterocycles. The average Bonchev–Trinajstić information content (AvgIpc) is 2.17. The van der Waals surface area contributed by atoms with Crippen molar-refractivity contribution in [3.63, 3.8) is 0 Å². The van der Waals surface area contributed by atoms with Gasteiger partial charge < -0.3 is 11.1 Å². The second-order valence-electron chi connectivity index (χ2n) is 3.96. The van der Waals surface area contributed by atoms with Crippen LogP contribution in [0.15, 0.2) is 18.2 Å². The lowest BCUT2D eigenvalue weighted by molar-refractivity contribution is -0.139. The highest BCUT2D eigenvalue weighted by Gasteiger charge is 2.29. The molecule has 1 aromatic rings. The van der Waals surface area contributed by atoms with E-state index in [0.29, 0.717) is 5.56 Å². The van der Waals surface area contributed by atoms with Gasteiger partial charge in [-0.25, -0.2) is 4.39 Å². The molecule has 1 unspecified atom stereocenters. The van der Waals surface area contributed by atoms with Crippen molar-refractivity contribution in [2.75, 3.05) is 5.73 Å². The van der Waals surface area contributed by atoms with Crippen LogP contribution in [0.5, 0.6) is 0 Å². The predicted octanol–water partition coefficient (Wildman–Crippen LogP) is 2.84. The van der Waals surface area contributed by atoms with Crippen LogP contribution in [-0.2, 0) is 6.54 Å². The summed E-state index contributed by atoms with van der Waals surface area (Å²) < 4.78 is 49.1. The van der Waals surface area contributed by atoms with E-state index < -0.39 is 24.5 Å². The summed E-state index contributed by atoms with van der Waals surface area (Å²) in [5.74, 6) is -0.562. The second kappa shape index (κ2) is 5.35. The molecule has 3 N–H and O–H groups in total. The summed E-state index contributed by atoms with van der Waals surface area (Å²) in [5.41, 5.74) is 5.87. The molecule has 0 spiro atoms. The molecule has 0 aliphatic rings. The number of benzene rings is 1. The lowest BCUT2D eigenvalue weighted by Crippen LogP contribution is -2.30. The van der Waals surface area contributed by atoms with Gasteiger partial charge in [-0.1, -0.05) is 6.07 Å². The van der Waals surface area contributed by atoms with Crippen molar-refractivity contribution in [3.8, 4) is 0 Å². The summed E-state index contributed by atoms with van der Waals surface area (Å²) in [7, 11) is 0. The Morgan fingerprint density at radius 1 is 1.35 bits per heavy atom. The standard InChI is InChI=1S/C11H14F4N2/c1-7(5-11(13,14)15)17-6-8-2-3-10(16)9(12)4-8/h2-4,7,17H,5-6,16H2,1H3. The molecule has 0 amide bonds. The Balaban J connectivity index is 2.47. The Kier molecular flexibility index (Phi) is 4.34. The summed E-state index contributed by atoms with van der Waals surface area (Å²) in [6.45, 7) is 1.61. The zero-order valence-electron chi connectivity index (χ0n) is 9.31. The van der Waals surface area contributed by atoms with Crippen molar-refractivity contribution >= 4 is 5.69 Å². The number of hydrogen-bond acceptors (Lipinski definition) is 2. The van der Waals surface area contributed by atoms with Crippen LogP contribution in [0.25, 0.3) is 0 Å². The third kappa shape index (κ3) is 5.04. The topological polar surface area (TPSA) is 38.0 Å². The van der Waals surface area contributed by atoms with Crippen molar-refractivity contribution in [2.24, 2.45) is 0 Å². The highest BCUT2D eigenvalue weighted by Crippen LogP contribution is 2.21. The van der Waals surface area contributed by atoms with Crippen LogP contribution in [0, 0.1) is 5.82 Å². The number of nitrogens with two attached hydrogens (primary N) is 1. The van der Waals surface area contributed by atoms with Crippen LogP contribution in [0.2, 0.25) is 0 Å². The van der Waals surface area contributed by atoms with Gasteiger partial charge in [0.1, 0.15) is 5.82 Å². The fraction of sp³-hybridized carbons (Fsp3) is 0.455. The fourth-order valence-corrected chi connectivity index (χ4v) is 1.39. The highest BCUT2D eigenvalue weighted by atomic mass is 19.4. The Bertz CT molecular complexity index is 376. The van der Waals surface area contributed by atoms with E-state index in [1.807, 2.05) is 0 Å². The number of hydrogen-bond donors (Lipinski definition) is 2. The second-order valence-corrected chi connectivity index (χ2v) is 3.96. The fourth-order valence-electron chi connectivity index (χ4n) is 1.39. The molecule has 0 aliphatic heterocycles. The Labute approximate surface area is 96.8 Å². The molecule has 0 aromatic heterocycles. The molecule has 1 rings (SSSR count). The third-order valence-corrected chi connectivity index (χ3v) is 2.26. The Morgan fingerprint density at radius 3 is 2.53 bits per heavy atom. The number of rotatable bonds is 4. The van der Waals surface area contributed by atoms with Crippen LogP contribution < -0.4 is 11.1 Å². The van der Waals surface area contributed by atoms with Gasteiger partial charge in [0.25, 0.3) is 0 Å². The van der Waals surface area contributed by atoms with E-state index in [2.05, 4.69) is 5.32 Å². The molecule has 0 saturated carbocycles. The van der Waals surface area contributed by atoms with E-state index in [1.165, 1.54) is 19.1 Å². The van der Waals surface area contributed by atoms with Crippen LogP contribution in [0.1, 0.15) is 18.9 Å². The van der Waals surface area contributed by atoms with Crippen molar-refractivity contribution in [1.29, 1.82) is 0 Å². The van der Waals surface area contributed by atoms with Crippen LogP contribution in [-0.4, -0.2) is 12.2 Å². The van der Waals surface area contributed by atoms with E-state index in [1.54, 1.807) is 6.07 Å². The van der Waals surface area contributed by atoms with E-state index in [9.17, 15) is 17.6 Å². The molecule has 0 fully saturated rings. The normalized spacial score (nSPS) is 13.7. The molecule has 6 heteroatoms. The average molecular weight is 250 g/mol. The maximum absolute atomic E-state index is 13.0. The molecular formula is C11H14F4N2. The highest BCUT2D eigenvalue weighted by molar-refractivity contribution is 5.41. The van der Waals surface area contributed by atoms with Gasteiger partial charge in [0.2, 0.25) is 0 Å². The predicted molar refractivity (Wildman–Crippen MR) is 57.8 cm³/mol. The first-order valence-electron chi connectivity index (χ1n) is 5.12. The van der Waals surface area contributed by atoms with E-state index in [-0.39, 0.29) is 12.2 Å². The monoisotopic (exact) mass is 250 g/mol. The van der Waals surface area contributed by atoms with Crippen LogP contribution >= 0.6 is 0 Å². The molecule has 1 atom stereocenters. The summed E-state index contributed by atoms with van der Waals surface area (Å²) in [6.07, 6.45) is -5.11. The number of anilines is 1. The van der Waals surface area contributed by atoms with Gasteiger partial charge in [-0.3, -0.25) is 0 Å². The van der Waals surface area contributed by atoms with Crippen molar-refractivity contribution < 1.29 is 17.6 Å². The molecule has 0 aliphatic carbocycles. The van der Waals surface area contributed by atoms with Crippen LogP contribution in [0.3, 0.4) is 0 Å². The minimum atomic E-state index is -4.20. The SMILES string of the molecule is CC(CC(F)(F)F)NCc1ccc(N)c(F)c1. The Morgan fingerprint density at radius 2 is 2.00 bits per heavy atom. The lowest BCUT2D eigenvalue weighted by Gasteiger charge is -2.15. The van der Waals surface area contributed by atoms with Gasteiger partial charge in [-0.2, -0.15) is 13.2 Å². The molecule has 0 bridgehead atoms. The van der Waals surface area contributed by atoms with Gasteiger partial charge in [0, 0.05) is 12.6 Å². The zero-order valence-corrected chi connectivity index (χ0v) is 9.31. The summed E-state index contributed by atoms with van der Waals surface area (Å²) >= 11 is 0. The summed E-state index contributed by atoms with van der Waals surface area (Å²) in [6, 6.07) is 3.46. The number of halogens is 4. The zero-order chi connectivity index (χ0) is 13.1. The quantitative estimate of drug-likeness (QED) is 0.637.